The second kappa shape index (κ2) is 5.84. The zero-order valence-electron chi connectivity index (χ0n) is 11.0. The van der Waals surface area contributed by atoms with Crippen molar-refractivity contribution < 1.29 is 19.1 Å². The Balaban J connectivity index is 2.10. The molecule has 5 nitrogen and oxygen atoms in total. The van der Waals surface area contributed by atoms with Crippen LogP contribution in [0, 0.1) is 0 Å². The van der Waals surface area contributed by atoms with Gasteiger partial charge in [-0.05, 0) is 12.0 Å². The summed E-state index contributed by atoms with van der Waals surface area (Å²) in [5.74, 6) is -0.618. The lowest BCUT2D eigenvalue weighted by Crippen LogP contribution is -2.62. The van der Waals surface area contributed by atoms with E-state index in [0.717, 1.165) is 5.56 Å². The highest BCUT2D eigenvalue weighted by Gasteiger charge is 2.47. The minimum absolute atomic E-state index is 0.309. The molecule has 1 saturated heterocycles. The fourth-order valence-electron chi connectivity index (χ4n) is 2.31. The zero-order chi connectivity index (χ0) is 13.8. The highest BCUT2D eigenvalue weighted by atomic mass is 16.5. The van der Waals surface area contributed by atoms with Crippen molar-refractivity contribution in [3.63, 3.8) is 0 Å². The molecule has 0 aromatic heterocycles. The van der Waals surface area contributed by atoms with Gasteiger partial charge in [-0.3, -0.25) is 14.5 Å². The van der Waals surface area contributed by atoms with Crippen LogP contribution < -0.4 is 0 Å². The SMILES string of the molecule is COC(=O)[C@H]1C[C@H](C(=O)OC)N1Cc1ccccc1. The Bertz CT molecular complexity index is 438. The van der Waals surface area contributed by atoms with E-state index >= 15 is 0 Å². The van der Waals surface area contributed by atoms with Gasteiger partial charge in [-0.2, -0.15) is 0 Å². The number of nitrogens with zero attached hydrogens (tertiary/aromatic N) is 1. The van der Waals surface area contributed by atoms with Gasteiger partial charge in [0.15, 0.2) is 0 Å². The molecule has 5 heteroatoms. The molecular formula is C14H17NO4. The molecule has 1 heterocycles. The summed E-state index contributed by atoms with van der Waals surface area (Å²) >= 11 is 0. The maximum absolute atomic E-state index is 11.6. The molecule has 1 aromatic rings. The first-order valence-electron chi connectivity index (χ1n) is 6.12. The van der Waals surface area contributed by atoms with Gasteiger partial charge in [0.05, 0.1) is 14.2 Å². The molecule has 1 aromatic carbocycles. The second-order valence-corrected chi connectivity index (χ2v) is 4.47. The molecule has 2 rings (SSSR count). The summed E-state index contributed by atoms with van der Waals surface area (Å²) in [6.45, 7) is 0.528. The van der Waals surface area contributed by atoms with E-state index in [-0.39, 0.29) is 24.0 Å². The number of carbonyl (C=O) groups excluding carboxylic acids is 2. The molecule has 102 valence electrons. The average molecular weight is 263 g/mol. The molecule has 19 heavy (non-hydrogen) atoms. The largest absolute Gasteiger partial charge is 0.468 e. The number of likely N-dealkylation sites (tertiary alicyclic amines) is 1. The summed E-state index contributed by atoms with van der Waals surface area (Å²) in [6.07, 6.45) is 0.451. The number of benzene rings is 1. The monoisotopic (exact) mass is 263 g/mol. The molecule has 0 saturated carbocycles. The van der Waals surface area contributed by atoms with Crippen LogP contribution in [0.15, 0.2) is 30.3 Å². The topological polar surface area (TPSA) is 55.8 Å². The van der Waals surface area contributed by atoms with Gasteiger partial charge in [-0.15, -0.1) is 0 Å². The van der Waals surface area contributed by atoms with Gasteiger partial charge in [0, 0.05) is 6.54 Å². The van der Waals surface area contributed by atoms with E-state index in [9.17, 15) is 9.59 Å². The summed E-state index contributed by atoms with van der Waals surface area (Å²) in [5, 5.41) is 0. The van der Waals surface area contributed by atoms with Crippen LogP contribution in [0.25, 0.3) is 0 Å². The fourth-order valence-corrected chi connectivity index (χ4v) is 2.31. The molecule has 0 radical (unpaired) electrons. The van der Waals surface area contributed by atoms with Gasteiger partial charge in [0.1, 0.15) is 12.1 Å². The van der Waals surface area contributed by atoms with Crippen molar-refractivity contribution in [3.8, 4) is 0 Å². The highest BCUT2D eigenvalue weighted by molar-refractivity contribution is 5.84. The van der Waals surface area contributed by atoms with Crippen molar-refractivity contribution in [2.75, 3.05) is 14.2 Å². The summed E-state index contributed by atoms with van der Waals surface area (Å²) in [4.78, 5) is 25.1. The summed E-state index contributed by atoms with van der Waals surface area (Å²) in [6, 6.07) is 8.96. The van der Waals surface area contributed by atoms with Crippen molar-refractivity contribution in [1.29, 1.82) is 0 Å². The predicted molar refractivity (Wildman–Crippen MR) is 68.2 cm³/mol. The molecule has 0 aliphatic carbocycles. The Hall–Kier alpha value is -1.88. The van der Waals surface area contributed by atoms with Gasteiger partial charge in [-0.1, -0.05) is 30.3 Å². The third kappa shape index (κ3) is 2.76. The van der Waals surface area contributed by atoms with Crippen LogP contribution in [0.1, 0.15) is 12.0 Å². The molecule has 1 aliphatic rings. The highest BCUT2D eigenvalue weighted by Crippen LogP contribution is 2.29. The van der Waals surface area contributed by atoms with E-state index in [1.54, 1.807) is 0 Å². The second-order valence-electron chi connectivity index (χ2n) is 4.47. The van der Waals surface area contributed by atoms with Crippen molar-refractivity contribution in [2.24, 2.45) is 0 Å². The first-order chi connectivity index (χ1) is 9.17. The third-order valence-corrected chi connectivity index (χ3v) is 3.40. The lowest BCUT2D eigenvalue weighted by Gasteiger charge is -2.44. The number of ether oxygens (including phenoxy) is 2. The Kier molecular flexibility index (Phi) is 4.16. The van der Waals surface area contributed by atoms with Crippen LogP contribution in [-0.2, 0) is 25.6 Å². The minimum Gasteiger partial charge on any atom is -0.468 e. The van der Waals surface area contributed by atoms with Crippen LogP contribution >= 0.6 is 0 Å². The van der Waals surface area contributed by atoms with E-state index in [2.05, 4.69) is 0 Å². The first kappa shape index (κ1) is 13.5. The molecule has 0 unspecified atom stereocenters. The number of hydrogen-bond donors (Lipinski definition) is 0. The molecule has 0 amide bonds. The van der Waals surface area contributed by atoms with Gasteiger partial charge in [-0.25, -0.2) is 0 Å². The molecule has 2 atom stereocenters. The smallest absolute Gasteiger partial charge is 0.323 e. The fraction of sp³-hybridized carbons (Fsp3) is 0.429. The van der Waals surface area contributed by atoms with Gasteiger partial charge in [0.2, 0.25) is 0 Å². The van der Waals surface area contributed by atoms with E-state index in [0.29, 0.717) is 13.0 Å². The Morgan fingerprint density at radius 3 is 2.11 bits per heavy atom. The Morgan fingerprint density at radius 2 is 1.63 bits per heavy atom. The summed E-state index contributed by atoms with van der Waals surface area (Å²) in [7, 11) is 2.71. The van der Waals surface area contributed by atoms with E-state index < -0.39 is 0 Å². The quantitative estimate of drug-likeness (QED) is 0.758. The molecule has 1 aliphatic heterocycles. The van der Waals surface area contributed by atoms with Gasteiger partial charge >= 0.3 is 11.9 Å². The Morgan fingerprint density at radius 1 is 1.11 bits per heavy atom. The zero-order valence-corrected chi connectivity index (χ0v) is 11.0. The molecule has 0 N–H and O–H groups in total. The van der Waals surface area contributed by atoms with E-state index in [1.807, 2.05) is 35.2 Å². The average Bonchev–Trinajstić information content (AvgIpc) is 2.44. The first-order valence-corrected chi connectivity index (χ1v) is 6.12. The van der Waals surface area contributed by atoms with Crippen LogP contribution in [0.4, 0.5) is 0 Å². The van der Waals surface area contributed by atoms with Gasteiger partial charge in [0.25, 0.3) is 0 Å². The molecule has 0 spiro atoms. The maximum atomic E-state index is 11.6. The van der Waals surface area contributed by atoms with E-state index in [1.165, 1.54) is 14.2 Å². The number of esters is 2. The van der Waals surface area contributed by atoms with E-state index in [4.69, 9.17) is 9.47 Å². The number of hydrogen-bond acceptors (Lipinski definition) is 5. The van der Waals surface area contributed by atoms with Crippen LogP contribution in [-0.4, -0.2) is 43.1 Å². The van der Waals surface area contributed by atoms with Crippen LogP contribution in [0.2, 0.25) is 0 Å². The summed E-state index contributed by atoms with van der Waals surface area (Å²) in [5.41, 5.74) is 1.05. The number of carbonyl (C=O) groups is 2. The molecule has 0 bridgehead atoms. The Labute approximate surface area is 112 Å². The standard InChI is InChI=1S/C14H17NO4/c1-18-13(16)11-8-12(14(17)19-2)15(11)9-10-6-4-3-5-7-10/h3-7,11-12H,8-9H2,1-2H3/t11-,12-/m1/s1. The lowest BCUT2D eigenvalue weighted by atomic mass is 9.91. The lowest BCUT2D eigenvalue weighted by molar-refractivity contribution is -0.168. The van der Waals surface area contributed by atoms with Crippen LogP contribution in [0.5, 0.6) is 0 Å². The van der Waals surface area contributed by atoms with Crippen molar-refractivity contribution in [2.45, 2.75) is 25.0 Å². The predicted octanol–water partition coefficient (Wildman–Crippen LogP) is 0.975. The summed E-state index contributed by atoms with van der Waals surface area (Å²) < 4.78 is 9.50. The third-order valence-electron chi connectivity index (χ3n) is 3.40. The van der Waals surface area contributed by atoms with Crippen molar-refractivity contribution >= 4 is 11.9 Å². The molecular weight excluding hydrogens is 246 g/mol. The number of methoxy groups -OCH3 is 2. The normalized spacial score (nSPS) is 22.4. The minimum atomic E-state index is -0.366. The van der Waals surface area contributed by atoms with Crippen LogP contribution in [0.3, 0.4) is 0 Å². The number of rotatable bonds is 4. The molecule has 1 fully saturated rings. The van der Waals surface area contributed by atoms with Crippen molar-refractivity contribution in [3.05, 3.63) is 35.9 Å². The van der Waals surface area contributed by atoms with Crippen molar-refractivity contribution in [1.82, 2.24) is 4.90 Å². The maximum Gasteiger partial charge on any atom is 0.323 e. The van der Waals surface area contributed by atoms with Gasteiger partial charge < -0.3 is 9.47 Å².